The Hall–Kier alpha value is -3.72. The monoisotopic (exact) mass is 490 g/mol. The first-order valence-electron chi connectivity index (χ1n) is 9.39. The van der Waals surface area contributed by atoms with E-state index in [9.17, 15) is 31.4 Å². The number of anilines is 3. The molecule has 0 saturated carbocycles. The molecule has 0 amide bonds. The van der Waals surface area contributed by atoms with Crippen molar-refractivity contribution in [2.24, 2.45) is 0 Å². The number of aliphatic hydroxyl groups is 2. The molecule has 0 spiro atoms. The molecule has 0 saturated heterocycles. The van der Waals surface area contributed by atoms with Crippen LogP contribution in [0.3, 0.4) is 0 Å². The molecule has 3 aromatic rings. The lowest BCUT2D eigenvalue weighted by atomic mass is 10.2. The lowest BCUT2D eigenvalue weighted by Gasteiger charge is -2.13. The van der Waals surface area contributed by atoms with Crippen molar-refractivity contribution < 1.29 is 41.3 Å². The first-order valence-corrected chi connectivity index (χ1v) is 9.39. The number of aliphatic hydroxyl groups excluding tert-OH is 2. The second-order valence-electron chi connectivity index (χ2n) is 6.65. The average molecular weight is 490 g/mol. The summed E-state index contributed by atoms with van der Waals surface area (Å²) in [6.45, 7) is -0.824. The molecule has 34 heavy (non-hydrogen) atoms. The molecule has 2 heterocycles. The van der Waals surface area contributed by atoms with E-state index in [-0.39, 0.29) is 24.1 Å². The van der Waals surface area contributed by atoms with Crippen molar-refractivity contribution in [1.82, 2.24) is 19.9 Å². The van der Waals surface area contributed by atoms with Crippen LogP contribution in [0.2, 0.25) is 0 Å². The Morgan fingerprint density at radius 1 is 0.882 bits per heavy atom. The van der Waals surface area contributed by atoms with Crippen LogP contribution in [-0.2, 0) is 12.4 Å². The second kappa shape index (κ2) is 10.0. The summed E-state index contributed by atoms with van der Waals surface area (Å²) in [4.78, 5) is 14.9. The van der Waals surface area contributed by atoms with Gasteiger partial charge in [0.1, 0.15) is 5.69 Å². The third kappa shape index (κ3) is 6.89. The number of hydrogen-bond acceptors (Lipinski definition) is 9. The molecule has 1 aromatic carbocycles. The number of nitrogens with one attached hydrogen (secondary N) is 2. The van der Waals surface area contributed by atoms with E-state index in [0.717, 1.165) is 36.4 Å². The van der Waals surface area contributed by atoms with Gasteiger partial charge in [0, 0.05) is 18.3 Å². The van der Waals surface area contributed by atoms with E-state index >= 15 is 0 Å². The van der Waals surface area contributed by atoms with Crippen LogP contribution in [0.1, 0.15) is 11.3 Å². The lowest BCUT2D eigenvalue weighted by molar-refractivity contribution is -0.141. The summed E-state index contributed by atoms with van der Waals surface area (Å²) >= 11 is 0. The molecule has 1 atom stereocenters. The van der Waals surface area contributed by atoms with E-state index < -0.39 is 48.2 Å². The fraction of sp³-hybridized carbons (Fsp3) is 0.263. The lowest BCUT2D eigenvalue weighted by Crippen LogP contribution is -2.24. The van der Waals surface area contributed by atoms with E-state index in [4.69, 9.17) is 9.84 Å². The van der Waals surface area contributed by atoms with E-state index in [2.05, 4.69) is 30.6 Å². The van der Waals surface area contributed by atoms with E-state index in [1.807, 2.05) is 0 Å². The minimum Gasteiger partial charge on any atom is -0.405 e. The molecular formula is C19H16F6N6O3. The molecule has 0 fully saturated rings. The van der Waals surface area contributed by atoms with E-state index in [1.165, 1.54) is 6.07 Å². The van der Waals surface area contributed by atoms with Crippen LogP contribution in [0.5, 0.6) is 11.9 Å². The van der Waals surface area contributed by atoms with Gasteiger partial charge in [-0.05, 0) is 24.3 Å². The van der Waals surface area contributed by atoms with Gasteiger partial charge < -0.3 is 25.6 Å². The predicted octanol–water partition coefficient (Wildman–Crippen LogP) is 3.61. The van der Waals surface area contributed by atoms with Gasteiger partial charge >= 0.3 is 18.4 Å². The number of benzene rings is 1. The summed E-state index contributed by atoms with van der Waals surface area (Å²) in [7, 11) is 0. The van der Waals surface area contributed by atoms with Gasteiger partial charge in [0.05, 0.1) is 18.3 Å². The zero-order valence-electron chi connectivity index (χ0n) is 16.9. The van der Waals surface area contributed by atoms with Gasteiger partial charge in [0.25, 0.3) is 0 Å². The maximum atomic E-state index is 13.0. The summed E-state index contributed by atoms with van der Waals surface area (Å²) in [6, 6.07) is 6.44. The number of nitrogens with zero attached hydrogens (tertiary/aromatic N) is 4. The van der Waals surface area contributed by atoms with Gasteiger partial charge in [-0.15, -0.1) is 0 Å². The first-order chi connectivity index (χ1) is 15.9. The summed E-state index contributed by atoms with van der Waals surface area (Å²) in [5, 5.41) is 23.5. The molecule has 0 radical (unpaired) electrons. The van der Waals surface area contributed by atoms with Crippen LogP contribution in [0.4, 0.5) is 43.9 Å². The molecule has 2 aromatic heterocycles. The standard InChI is InChI=1S/C19H16F6N6O3/c20-18(21,22)10-3-1-4-11(7-10)27-16-29-15(26-8-12(33)9-32)30-17(31-16)34-14-6-2-5-13(28-14)19(23,24)25/h1-7,12,32-33H,8-9H2,(H2,26,27,29,30,31)/t12-/m1/s1. The number of ether oxygens (including phenoxy) is 1. The molecule has 182 valence electrons. The minimum atomic E-state index is -4.73. The van der Waals surface area contributed by atoms with Crippen LogP contribution in [0.25, 0.3) is 0 Å². The predicted molar refractivity (Wildman–Crippen MR) is 105 cm³/mol. The van der Waals surface area contributed by atoms with Crippen LogP contribution < -0.4 is 15.4 Å². The van der Waals surface area contributed by atoms with Gasteiger partial charge in [-0.3, -0.25) is 0 Å². The highest BCUT2D eigenvalue weighted by Crippen LogP contribution is 2.32. The number of halogens is 6. The number of rotatable bonds is 8. The fourth-order valence-corrected chi connectivity index (χ4v) is 2.44. The second-order valence-corrected chi connectivity index (χ2v) is 6.65. The van der Waals surface area contributed by atoms with Crippen LogP contribution in [0.15, 0.2) is 42.5 Å². The minimum absolute atomic E-state index is 0.0505. The number of pyridine rings is 1. The fourth-order valence-electron chi connectivity index (χ4n) is 2.44. The van der Waals surface area contributed by atoms with Crippen molar-refractivity contribution in [2.75, 3.05) is 23.8 Å². The summed E-state index contributed by atoms with van der Waals surface area (Å²) in [5.41, 5.74) is -2.23. The quantitative estimate of drug-likeness (QED) is 0.351. The van der Waals surface area contributed by atoms with E-state index in [1.54, 1.807) is 0 Å². The normalized spacial score (nSPS) is 12.8. The highest BCUT2D eigenvalue weighted by atomic mass is 19.4. The molecule has 3 rings (SSSR count). The van der Waals surface area contributed by atoms with Crippen molar-refractivity contribution in [3.63, 3.8) is 0 Å². The zero-order chi connectivity index (χ0) is 24.9. The maximum Gasteiger partial charge on any atom is 0.433 e. The molecular weight excluding hydrogens is 474 g/mol. The van der Waals surface area contributed by atoms with E-state index in [0.29, 0.717) is 0 Å². The first kappa shape index (κ1) is 24.9. The number of aromatic nitrogens is 4. The maximum absolute atomic E-state index is 13.0. The Morgan fingerprint density at radius 3 is 2.26 bits per heavy atom. The van der Waals surface area contributed by atoms with Crippen LogP contribution >= 0.6 is 0 Å². The van der Waals surface area contributed by atoms with Gasteiger partial charge in [-0.25, -0.2) is 4.98 Å². The molecule has 0 aliphatic rings. The third-order valence-electron chi connectivity index (χ3n) is 3.98. The Kier molecular flexibility index (Phi) is 7.36. The van der Waals surface area contributed by atoms with Gasteiger partial charge in [-0.1, -0.05) is 12.1 Å². The molecule has 0 unspecified atom stereocenters. The summed E-state index contributed by atoms with van der Waals surface area (Å²) in [6.07, 6.45) is -10.5. The Morgan fingerprint density at radius 2 is 1.59 bits per heavy atom. The molecule has 9 nitrogen and oxygen atoms in total. The van der Waals surface area contributed by atoms with Crippen molar-refractivity contribution in [3.05, 3.63) is 53.7 Å². The largest absolute Gasteiger partial charge is 0.433 e. The molecule has 0 bridgehead atoms. The molecule has 4 N–H and O–H groups in total. The van der Waals surface area contributed by atoms with Gasteiger partial charge in [0.2, 0.25) is 17.8 Å². The Labute approximate surface area is 187 Å². The van der Waals surface area contributed by atoms with Crippen molar-refractivity contribution >= 4 is 17.6 Å². The molecule has 0 aliphatic heterocycles. The average Bonchev–Trinajstić information content (AvgIpc) is 2.76. The highest BCUT2D eigenvalue weighted by Gasteiger charge is 2.33. The molecule has 15 heteroatoms. The van der Waals surface area contributed by atoms with Crippen LogP contribution in [0, 0.1) is 0 Å². The van der Waals surface area contributed by atoms with Gasteiger partial charge in [-0.2, -0.15) is 41.3 Å². The zero-order valence-corrected chi connectivity index (χ0v) is 16.9. The Balaban J connectivity index is 1.91. The Bertz CT molecular complexity index is 1050. The van der Waals surface area contributed by atoms with Crippen molar-refractivity contribution in [3.8, 4) is 11.9 Å². The van der Waals surface area contributed by atoms with Crippen molar-refractivity contribution in [1.29, 1.82) is 0 Å². The third-order valence-corrected chi connectivity index (χ3v) is 3.98. The smallest absolute Gasteiger partial charge is 0.405 e. The summed E-state index contributed by atoms with van der Waals surface area (Å²) in [5.74, 6) is -1.08. The summed E-state index contributed by atoms with van der Waals surface area (Å²) < 4.78 is 82.8. The van der Waals surface area contributed by atoms with Crippen molar-refractivity contribution in [2.45, 2.75) is 18.5 Å². The SMILES string of the molecule is OC[C@H](O)CNc1nc(Nc2cccc(C(F)(F)F)c2)nc(Oc2cccc(C(F)(F)F)n2)n1. The van der Waals surface area contributed by atoms with Gasteiger partial charge in [0.15, 0.2) is 0 Å². The topological polar surface area (TPSA) is 125 Å². The van der Waals surface area contributed by atoms with Crippen LogP contribution in [-0.4, -0.2) is 49.4 Å². The highest BCUT2D eigenvalue weighted by molar-refractivity contribution is 5.56. The molecule has 0 aliphatic carbocycles. The number of alkyl halides is 6. The number of hydrogen-bond donors (Lipinski definition) is 4.